The minimum Gasteiger partial charge on any atom is -0.496 e. The number of thiazole rings is 1. The standard InChI is InChI=1S/C42H52N4O7S2/c1-25-36(52-3)17-16-30-37(21-33(43-38(25)30)34-24-54-39(44-34)26-11-7-6-8-12-26)53-28-19-31-32(20-28)40(48)46(2)18-10-5-4-9-13-27-22-42(27,23-35(31)47)41(49)45-55(50,51)29-14-15-29/h9,13,16-17,21,24,26-29,31-32H,4-8,10-12,14-15,18-20,22-23H2,1-3H3,(H,45,49)/b13-9-/t27-,28+,31+,32?,42+/m0/s1. The number of carbonyl (C=O) groups excluding carboxylic acids is 3. The monoisotopic (exact) mass is 788 g/mol. The number of ketones is 1. The van der Waals surface area contributed by atoms with E-state index in [0.717, 1.165) is 59.3 Å². The summed E-state index contributed by atoms with van der Waals surface area (Å²) in [6.45, 7) is 2.56. The molecule has 0 bridgehead atoms. The van der Waals surface area contributed by atoms with Crippen LogP contribution in [0.5, 0.6) is 11.5 Å². The largest absolute Gasteiger partial charge is 0.496 e. The van der Waals surface area contributed by atoms with E-state index in [1.165, 1.54) is 19.3 Å². The Morgan fingerprint density at radius 3 is 2.53 bits per heavy atom. The number of carbonyl (C=O) groups is 3. The van der Waals surface area contributed by atoms with Crippen LogP contribution in [0.15, 0.2) is 35.7 Å². The van der Waals surface area contributed by atoms with Crippen molar-refractivity contribution in [3.05, 3.63) is 46.3 Å². The van der Waals surface area contributed by atoms with Gasteiger partial charge in [-0.2, -0.15) is 0 Å². The number of rotatable bonds is 8. The smallest absolute Gasteiger partial charge is 0.240 e. The molecule has 4 aliphatic carbocycles. The lowest BCUT2D eigenvalue weighted by Gasteiger charge is -2.26. The number of fused-ring (bicyclic) bond motifs is 3. The Kier molecular flexibility index (Phi) is 10.6. The van der Waals surface area contributed by atoms with Gasteiger partial charge in [0, 0.05) is 54.2 Å². The lowest BCUT2D eigenvalue weighted by molar-refractivity contribution is -0.140. The van der Waals surface area contributed by atoms with Crippen molar-refractivity contribution in [2.75, 3.05) is 20.7 Å². The number of nitrogens with one attached hydrogen (secondary N) is 1. The Hall–Kier alpha value is -3.84. The number of pyridine rings is 1. The molecule has 2 amide bonds. The van der Waals surface area contributed by atoms with E-state index < -0.39 is 44.5 Å². The van der Waals surface area contributed by atoms with E-state index in [2.05, 4.69) is 10.1 Å². The number of hydrogen-bond donors (Lipinski definition) is 1. The Morgan fingerprint density at radius 2 is 1.76 bits per heavy atom. The fraction of sp³-hybridized carbons (Fsp3) is 0.595. The van der Waals surface area contributed by atoms with Gasteiger partial charge in [0.15, 0.2) is 0 Å². The van der Waals surface area contributed by atoms with Crippen LogP contribution in [0.2, 0.25) is 0 Å². The van der Waals surface area contributed by atoms with Crippen molar-refractivity contribution in [3.8, 4) is 22.9 Å². The van der Waals surface area contributed by atoms with Crippen molar-refractivity contribution in [1.82, 2.24) is 19.6 Å². The zero-order chi connectivity index (χ0) is 38.5. The molecule has 1 unspecified atom stereocenters. The zero-order valence-corrected chi connectivity index (χ0v) is 33.7. The van der Waals surface area contributed by atoms with Crippen LogP contribution < -0.4 is 14.2 Å². The predicted molar refractivity (Wildman–Crippen MR) is 211 cm³/mol. The normalized spacial score (nSPS) is 28.6. The molecule has 4 saturated carbocycles. The molecule has 11 nitrogen and oxygen atoms in total. The SMILES string of the molecule is COc1ccc2c(O[C@H]3CC4C(=O)N(C)CCCC/C=C\[C@H]5C[C@@]5(C(=O)NS(=O)(=O)C5CC5)CC(=O)[C@@H]4C3)cc(-c3csc(C4CCCCC4)n3)nc2c1C. The fourth-order valence-corrected chi connectivity index (χ4v) is 11.6. The Balaban J connectivity index is 1.10. The van der Waals surface area contributed by atoms with E-state index in [0.29, 0.717) is 61.8 Å². The first kappa shape index (κ1) is 38.1. The van der Waals surface area contributed by atoms with E-state index in [4.69, 9.17) is 19.4 Å². The molecular formula is C42H52N4O7S2. The summed E-state index contributed by atoms with van der Waals surface area (Å²) in [4.78, 5) is 54.2. The third-order valence-electron chi connectivity index (χ3n) is 12.8. The van der Waals surface area contributed by atoms with Crippen LogP contribution in [0, 0.1) is 30.1 Å². The molecule has 1 N–H and O–H groups in total. The summed E-state index contributed by atoms with van der Waals surface area (Å²) in [5, 5.41) is 3.47. The summed E-state index contributed by atoms with van der Waals surface area (Å²) in [5.74, 6) is -0.635. The molecule has 0 spiro atoms. The lowest BCUT2D eigenvalue weighted by Crippen LogP contribution is -2.42. The van der Waals surface area contributed by atoms with Crippen LogP contribution in [0.3, 0.4) is 0 Å². The molecule has 0 saturated heterocycles. The number of methoxy groups -OCH3 is 1. The van der Waals surface area contributed by atoms with Gasteiger partial charge in [-0.25, -0.2) is 18.4 Å². The number of aromatic nitrogens is 2. The highest BCUT2D eigenvalue weighted by Crippen LogP contribution is 2.58. The molecule has 2 aromatic heterocycles. The number of amides is 2. The maximum atomic E-state index is 14.5. The maximum absolute atomic E-state index is 14.5. The molecule has 1 aliphatic heterocycles. The summed E-state index contributed by atoms with van der Waals surface area (Å²) in [5.41, 5.74) is 1.97. The van der Waals surface area contributed by atoms with Crippen molar-refractivity contribution in [2.45, 2.75) is 114 Å². The minimum absolute atomic E-state index is 0.0993. The molecule has 294 valence electrons. The second-order valence-corrected chi connectivity index (χ2v) is 19.4. The molecule has 0 radical (unpaired) electrons. The van der Waals surface area contributed by atoms with Gasteiger partial charge in [-0.3, -0.25) is 19.1 Å². The first-order valence-electron chi connectivity index (χ1n) is 20.1. The number of allylic oxidation sites excluding steroid dienone is 2. The molecule has 8 rings (SSSR count). The number of nitrogens with zero attached hydrogens (tertiary/aromatic N) is 3. The number of aryl methyl sites for hydroxylation is 1. The second-order valence-electron chi connectivity index (χ2n) is 16.6. The van der Waals surface area contributed by atoms with E-state index in [-0.39, 0.29) is 24.0 Å². The topological polar surface area (TPSA) is 145 Å². The average Bonchev–Trinajstić information content (AvgIpc) is 4.06. The van der Waals surface area contributed by atoms with Crippen molar-refractivity contribution < 1.29 is 32.3 Å². The molecule has 3 aromatic rings. The summed E-state index contributed by atoms with van der Waals surface area (Å²) in [7, 11) is -0.355. The van der Waals surface area contributed by atoms with Crippen molar-refractivity contribution in [1.29, 1.82) is 0 Å². The van der Waals surface area contributed by atoms with E-state index in [1.807, 2.05) is 37.3 Å². The van der Waals surface area contributed by atoms with Gasteiger partial charge in [-0.1, -0.05) is 31.4 Å². The highest BCUT2D eigenvalue weighted by molar-refractivity contribution is 7.90. The quantitative estimate of drug-likeness (QED) is 0.233. The minimum atomic E-state index is -3.79. The highest BCUT2D eigenvalue weighted by atomic mass is 32.2. The average molecular weight is 789 g/mol. The maximum Gasteiger partial charge on any atom is 0.240 e. The van der Waals surface area contributed by atoms with E-state index >= 15 is 0 Å². The number of hydrogen-bond acceptors (Lipinski definition) is 10. The van der Waals surface area contributed by atoms with Crippen LogP contribution in [0.4, 0.5) is 0 Å². The number of Topliss-reactive ketones (excluding diaryl/α,β-unsaturated/α-hetero) is 1. The second kappa shape index (κ2) is 15.2. The van der Waals surface area contributed by atoms with Gasteiger partial charge in [0.2, 0.25) is 21.8 Å². The van der Waals surface area contributed by atoms with Gasteiger partial charge < -0.3 is 14.4 Å². The van der Waals surface area contributed by atoms with Gasteiger partial charge in [0.1, 0.15) is 23.4 Å². The zero-order valence-electron chi connectivity index (χ0n) is 32.1. The van der Waals surface area contributed by atoms with Crippen molar-refractivity contribution in [3.63, 3.8) is 0 Å². The summed E-state index contributed by atoms with van der Waals surface area (Å²) < 4.78 is 40.6. The molecule has 55 heavy (non-hydrogen) atoms. The first-order valence-corrected chi connectivity index (χ1v) is 22.5. The van der Waals surface area contributed by atoms with Crippen LogP contribution in [-0.4, -0.2) is 72.9 Å². The van der Waals surface area contributed by atoms with Gasteiger partial charge in [-0.15, -0.1) is 11.3 Å². The molecule has 5 aliphatic rings. The highest BCUT2D eigenvalue weighted by Gasteiger charge is 2.61. The van der Waals surface area contributed by atoms with E-state index in [9.17, 15) is 22.8 Å². The first-order chi connectivity index (χ1) is 26.5. The molecule has 13 heteroatoms. The Morgan fingerprint density at radius 1 is 0.982 bits per heavy atom. The third kappa shape index (κ3) is 7.67. The molecule has 1 aromatic carbocycles. The van der Waals surface area contributed by atoms with Crippen molar-refractivity contribution >= 4 is 49.9 Å². The van der Waals surface area contributed by atoms with Crippen LogP contribution >= 0.6 is 11.3 Å². The summed E-state index contributed by atoms with van der Waals surface area (Å²) in [6.07, 6.45) is 14.0. The lowest BCUT2D eigenvalue weighted by atomic mass is 9.84. The number of sulfonamides is 1. The third-order valence-corrected chi connectivity index (χ3v) is 15.6. The number of ether oxygens (including phenoxy) is 2. The van der Waals surface area contributed by atoms with E-state index in [1.54, 1.807) is 30.4 Å². The van der Waals surface area contributed by atoms with Crippen LogP contribution in [0.1, 0.15) is 106 Å². The summed E-state index contributed by atoms with van der Waals surface area (Å²) >= 11 is 1.68. The molecular weight excluding hydrogens is 737 g/mol. The fourth-order valence-electron chi connectivity index (χ4n) is 9.20. The van der Waals surface area contributed by atoms with Crippen LogP contribution in [0.25, 0.3) is 22.3 Å². The Bertz CT molecular complexity index is 2120. The predicted octanol–water partition coefficient (Wildman–Crippen LogP) is 7.27. The Labute approximate surface area is 327 Å². The summed E-state index contributed by atoms with van der Waals surface area (Å²) in [6, 6.07) is 5.78. The molecule has 5 atom stereocenters. The molecule has 3 heterocycles. The van der Waals surface area contributed by atoms with Gasteiger partial charge in [0.25, 0.3) is 0 Å². The van der Waals surface area contributed by atoms with Gasteiger partial charge in [0.05, 0.1) is 45.6 Å². The van der Waals surface area contributed by atoms with Crippen LogP contribution in [-0.2, 0) is 24.4 Å². The molecule has 4 fully saturated rings. The van der Waals surface area contributed by atoms with Crippen molar-refractivity contribution in [2.24, 2.45) is 23.2 Å². The number of benzene rings is 1. The van der Waals surface area contributed by atoms with Gasteiger partial charge >= 0.3 is 0 Å². The van der Waals surface area contributed by atoms with Gasteiger partial charge in [-0.05, 0) is 89.2 Å².